The maximum Gasteiger partial charge on any atom is 0.329 e. The van der Waals surface area contributed by atoms with Crippen LogP contribution < -0.4 is 0 Å². The SMILES string of the molecule is Cc1nn(C)c(C)c1C(=O)N1CCCC1(C)C(=O)O. The van der Waals surface area contributed by atoms with E-state index in [2.05, 4.69) is 5.10 Å². The third-order valence-electron chi connectivity index (χ3n) is 4.07. The molecule has 0 radical (unpaired) electrons. The molecule has 0 aliphatic carbocycles. The first-order valence-corrected chi connectivity index (χ1v) is 6.34. The van der Waals surface area contributed by atoms with Crippen LogP contribution in [0.5, 0.6) is 0 Å². The Morgan fingerprint density at radius 2 is 2.00 bits per heavy atom. The van der Waals surface area contributed by atoms with Crippen molar-refractivity contribution in [2.45, 2.75) is 39.2 Å². The number of carbonyl (C=O) groups is 2. The number of aromatic nitrogens is 2. The number of hydrogen-bond donors (Lipinski definition) is 1. The maximum absolute atomic E-state index is 12.6. The lowest BCUT2D eigenvalue weighted by Gasteiger charge is -2.31. The molecule has 1 amide bonds. The van der Waals surface area contributed by atoms with Gasteiger partial charge in [0.25, 0.3) is 5.91 Å². The fraction of sp³-hybridized carbons (Fsp3) is 0.615. The molecule has 0 spiro atoms. The summed E-state index contributed by atoms with van der Waals surface area (Å²) in [6.07, 6.45) is 1.21. The maximum atomic E-state index is 12.6. The molecule has 104 valence electrons. The van der Waals surface area contributed by atoms with Crippen molar-refractivity contribution in [1.82, 2.24) is 14.7 Å². The highest BCUT2D eigenvalue weighted by atomic mass is 16.4. The molecule has 1 atom stereocenters. The average Bonchev–Trinajstić information content (AvgIpc) is 2.82. The van der Waals surface area contributed by atoms with Crippen LogP contribution in [0.2, 0.25) is 0 Å². The van der Waals surface area contributed by atoms with E-state index >= 15 is 0 Å². The summed E-state index contributed by atoms with van der Waals surface area (Å²) in [5.74, 6) is -1.18. The molecule has 0 bridgehead atoms. The van der Waals surface area contributed by atoms with Crippen molar-refractivity contribution in [1.29, 1.82) is 0 Å². The predicted molar refractivity (Wildman–Crippen MR) is 69.0 cm³/mol. The summed E-state index contributed by atoms with van der Waals surface area (Å²) < 4.78 is 1.65. The van der Waals surface area contributed by atoms with E-state index in [9.17, 15) is 14.7 Å². The van der Waals surface area contributed by atoms with Gasteiger partial charge < -0.3 is 10.0 Å². The second-order valence-corrected chi connectivity index (χ2v) is 5.31. The molecule has 2 heterocycles. The first kappa shape index (κ1) is 13.6. The van der Waals surface area contributed by atoms with E-state index in [1.165, 1.54) is 4.90 Å². The quantitative estimate of drug-likeness (QED) is 0.869. The summed E-state index contributed by atoms with van der Waals surface area (Å²) in [6, 6.07) is 0. The molecule has 1 saturated heterocycles. The Morgan fingerprint density at radius 1 is 1.37 bits per heavy atom. The Morgan fingerprint density at radius 3 is 2.47 bits per heavy atom. The summed E-state index contributed by atoms with van der Waals surface area (Å²) in [4.78, 5) is 25.5. The molecule has 19 heavy (non-hydrogen) atoms. The van der Waals surface area contributed by atoms with Gasteiger partial charge in [-0.1, -0.05) is 0 Å². The van der Waals surface area contributed by atoms with Crippen molar-refractivity contribution in [3.8, 4) is 0 Å². The van der Waals surface area contributed by atoms with Crippen LogP contribution in [0.25, 0.3) is 0 Å². The van der Waals surface area contributed by atoms with Crippen molar-refractivity contribution in [2.24, 2.45) is 7.05 Å². The molecule has 0 aromatic carbocycles. The summed E-state index contributed by atoms with van der Waals surface area (Å²) in [5.41, 5.74) is 0.829. The number of rotatable bonds is 2. The number of aliphatic carboxylic acids is 1. The van der Waals surface area contributed by atoms with Crippen LogP contribution in [0.3, 0.4) is 0 Å². The molecule has 1 fully saturated rings. The largest absolute Gasteiger partial charge is 0.480 e. The van der Waals surface area contributed by atoms with Crippen molar-refractivity contribution in [3.63, 3.8) is 0 Å². The zero-order valence-corrected chi connectivity index (χ0v) is 11.7. The van der Waals surface area contributed by atoms with E-state index in [0.717, 1.165) is 5.69 Å². The van der Waals surface area contributed by atoms with Gasteiger partial charge in [-0.25, -0.2) is 4.79 Å². The van der Waals surface area contributed by atoms with Gasteiger partial charge >= 0.3 is 5.97 Å². The number of hydrogen-bond acceptors (Lipinski definition) is 3. The normalized spacial score (nSPS) is 22.8. The van der Waals surface area contributed by atoms with Gasteiger partial charge in [-0.2, -0.15) is 5.10 Å². The minimum atomic E-state index is -1.11. The number of carboxylic acids is 1. The lowest BCUT2D eigenvalue weighted by Crippen LogP contribution is -2.51. The van der Waals surface area contributed by atoms with Gasteiger partial charge in [0.15, 0.2) is 0 Å². The van der Waals surface area contributed by atoms with Crippen molar-refractivity contribution >= 4 is 11.9 Å². The van der Waals surface area contributed by atoms with Crippen LogP contribution in [0, 0.1) is 13.8 Å². The Balaban J connectivity index is 2.42. The van der Waals surface area contributed by atoms with E-state index in [1.54, 1.807) is 25.6 Å². The van der Waals surface area contributed by atoms with E-state index in [0.29, 0.717) is 30.6 Å². The van der Waals surface area contributed by atoms with Crippen LogP contribution >= 0.6 is 0 Å². The van der Waals surface area contributed by atoms with Gasteiger partial charge in [0, 0.05) is 19.3 Å². The monoisotopic (exact) mass is 265 g/mol. The summed E-state index contributed by atoms with van der Waals surface area (Å²) in [6.45, 7) is 5.69. The highest BCUT2D eigenvalue weighted by Gasteiger charge is 2.46. The van der Waals surface area contributed by atoms with E-state index in [1.807, 2.05) is 6.92 Å². The second-order valence-electron chi connectivity index (χ2n) is 5.31. The van der Waals surface area contributed by atoms with Crippen molar-refractivity contribution in [2.75, 3.05) is 6.54 Å². The van der Waals surface area contributed by atoms with Crippen LogP contribution in [-0.4, -0.2) is 43.7 Å². The van der Waals surface area contributed by atoms with Crippen LogP contribution in [0.4, 0.5) is 0 Å². The number of amides is 1. The van der Waals surface area contributed by atoms with Gasteiger partial charge in [0.2, 0.25) is 0 Å². The predicted octanol–water partition coefficient (Wildman–Crippen LogP) is 1.12. The Hall–Kier alpha value is -1.85. The molecule has 1 aliphatic rings. The molecular formula is C13H19N3O3. The topological polar surface area (TPSA) is 75.4 Å². The van der Waals surface area contributed by atoms with Gasteiger partial charge in [0.05, 0.1) is 11.3 Å². The molecular weight excluding hydrogens is 246 g/mol. The number of carbonyl (C=O) groups excluding carboxylic acids is 1. The van der Waals surface area contributed by atoms with Gasteiger partial charge in [-0.05, 0) is 33.6 Å². The van der Waals surface area contributed by atoms with E-state index < -0.39 is 11.5 Å². The average molecular weight is 265 g/mol. The van der Waals surface area contributed by atoms with E-state index in [4.69, 9.17) is 0 Å². The first-order chi connectivity index (χ1) is 8.79. The first-order valence-electron chi connectivity index (χ1n) is 6.34. The molecule has 1 aromatic rings. The molecule has 1 aromatic heterocycles. The zero-order valence-electron chi connectivity index (χ0n) is 11.7. The molecule has 1 N–H and O–H groups in total. The standard InChI is InChI=1S/C13H19N3O3/c1-8-10(9(2)15(4)14-8)11(17)16-7-5-6-13(16,3)12(18)19/h5-7H2,1-4H3,(H,18,19). The molecule has 1 unspecified atom stereocenters. The fourth-order valence-corrected chi connectivity index (χ4v) is 2.73. The van der Waals surface area contributed by atoms with Crippen molar-refractivity contribution < 1.29 is 14.7 Å². The van der Waals surface area contributed by atoms with Gasteiger partial charge in [0.1, 0.15) is 5.54 Å². The molecule has 6 nitrogen and oxygen atoms in total. The third kappa shape index (κ3) is 1.91. The lowest BCUT2D eigenvalue weighted by atomic mass is 9.98. The minimum Gasteiger partial charge on any atom is -0.480 e. The zero-order chi connectivity index (χ0) is 14.4. The molecule has 1 aliphatic heterocycles. The fourth-order valence-electron chi connectivity index (χ4n) is 2.73. The number of aryl methyl sites for hydroxylation is 2. The Bertz CT molecular complexity index is 550. The number of likely N-dealkylation sites (tertiary alicyclic amines) is 1. The van der Waals surface area contributed by atoms with Crippen LogP contribution in [0.1, 0.15) is 41.5 Å². The Labute approximate surface area is 112 Å². The van der Waals surface area contributed by atoms with Crippen LogP contribution in [0.15, 0.2) is 0 Å². The minimum absolute atomic E-state index is 0.231. The molecule has 0 saturated carbocycles. The number of carboxylic acid groups (broad SMARTS) is 1. The van der Waals surface area contributed by atoms with Crippen molar-refractivity contribution in [3.05, 3.63) is 17.0 Å². The molecule has 6 heteroatoms. The smallest absolute Gasteiger partial charge is 0.329 e. The second kappa shape index (κ2) is 4.36. The third-order valence-corrected chi connectivity index (χ3v) is 4.07. The lowest BCUT2D eigenvalue weighted by molar-refractivity contribution is -0.147. The molecule has 2 rings (SSSR count). The summed E-state index contributed by atoms with van der Waals surface area (Å²) in [5, 5.41) is 13.6. The van der Waals surface area contributed by atoms with Gasteiger partial charge in [-0.15, -0.1) is 0 Å². The summed E-state index contributed by atoms with van der Waals surface area (Å²) in [7, 11) is 1.78. The highest BCUT2D eigenvalue weighted by Crippen LogP contribution is 2.31. The summed E-state index contributed by atoms with van der Waals surface area (Å²) >= 11 is 0. The van der Waals surface area contributed by atoms with E-state index in [-0.39, 0.29) is 5.91 Å². The van der Waals surface area contributed by atoms with Crippen LogP contribution in [-0.2, 0) is 11.8 Å². The Kier molecular flexibility index (Phi) is 3.12. The highest BCUT2D eigenvalue weighted by molar-refractivity contribution is 5.99. The number of nitrogens with zero attached hydrogens (tertiary/aromatic N) is 3. The van der Waals surface area contributed by atoms with Gasteiger partial charge in [-0.3, -0.25) is 9.48 Å².